The van der Waals surface area contributed by atoms with E-state index in [1.165, 1.54) is 0 Å². The smallest absolute Gasteiger partial charge is 0.234 e. The summed E-state index contributed by atoms with van der Waals surface area (Å²) in [5.74, 6) is 0.00501. The van der Waals surface area contributed by atoms with Crippen molar-refractivity contribution in [2.24, 2.45) is 0 Å². The van der Waals surface area contributed by atoms with E-state index in [1.807, 2.05) is 0 Å². The van der Waals surface area contributed by atoms with Gasteiger partial charge in [0, 0.05) is 12.6 Å². The van der Waals surface area contributed by atoms with Gasteiger partial charge in [0.15, 0.2) is 0 Å². The molecular weight excluding hydrogens is 295 g/mol. The Hall–Kier alpha value is -0.490. The predicted molar refractivity (Wildman–Crippen MR) is 74.9 cm³/mol. The highest BCUT2D eigenvalue weighted by molar-refractivity contribution is 7.92. The minimum Gasteiger partial charge on any atom is -0.313 e. The molecule has 1 aromatic carbocycles. The first-order valence-electron chi connectivity index (χ1n) is 5.66. The van der Waals surface area contributed by atoms with Crippen molar-refractivity contribution < 1.29 is 8.42 Å². The summed E-state index contributed by atoms with van der Waals surface area (Å²) in [6.45, 7) is 0.433. The largest absolute Gasteiger partial charge is 0.313 e. The lowest BCUT2D eigenvalue weighted by Crippen LogP contribution is -2.28. The second-order valence-electron chi connectivity index (χ2n) is 4.25. The quantitative estimate of drug-likeness (QED) is 0.849. The lowest BCUT2D eigenvalue weighted by atomic mass is 10.3. The van der Waals surface area contributed by atoms with Crippen LogP contribution in [0.3, 0.4) is 0 Å². The van der Waals surface area contributed by atoms with E-state index in [1.54, 1.807) is 18.2 Å². The zero-order chi connectivity index (χ0) is 13.2. The minimum absolute atomic E-state index is 0.00501. The van der Waals surface area contributed by atoms with Crippen molar-refractivity contribution >= 4 is 38.9 Å². The summed E-state index contributed by atoms with van der Waals surface area (Å²) in [4.78, 5) is 0. The van der Waals surface area contributed by atoms with Gasteiger partial charge in [0.25, 0.3) is 0 Å². The first-order valence-corrected chi connectivity index (χ1v) is 8.07. The maximum Gasteiger partial charge on any atom is 0.234 e. The molecule has 0 unspecified atom stereocenters. The number of rotatable bonds is 6. The van der Waals surface area contributed by atoms with E-state index in [0.717, 1.165) is 12.8 Å². The first kappa shape index (κ1) is 13.9. The van der Waals surface area contributed by atoms with Gasteiger partial charge >= 0.3 is 0 Å². The van der Waals surface area contributed by atoms with Crippen LogP contribution in [0.2, 0.25) is 10.0 Å². The predicted octanol–water partition coefficient (Wildman–Crippen LogP) is 2.49. The molecule has 1 aliphatic carbocycles. The Bertz CT molecular complexity index is 510. The third kappa shape index (κ3) is 4.02. The van der Waals surface area contributed by atoms with Gasteiger partial charge in [-0.15, -0.1) is 0 Å². The van der Waals surface area contributed by atoms with E-state index < -0.39 is 10.0 Å². The number of benzene rings is 1. The van der Waals surface area contributed by atoms with Crippen LogP contribution in [0.25, 0.3) is 0 Å². The van der Waals surface area contributed by atoms with Crippen LogP contribution in [0.5, 0.6) is 0 Å². The molecule has 100 valence electrons. The Balaban J connectivity index is 1.97. The van der Waals surface area contributed by atoms with Gasteiger partial charge in [0.1, 0.15) is 0 Å². The van der Waals surface area contributed by atoms with Crippen LogP contribution in [-0.2, 0) is 10.0 Å². The van der Waals surface area contributed by atoms with E-state index in [-0.39, 0.29) is 11.4 Å². The fourth-order valence-corrected chi connectivity index (χ4v) is 3.11. The molecule has 4 nitrogen and oxygen atoms in total. The van der Waals surface area contributed by atoms with Crippen molar-refractivity contribution in [3.63, 3.8) is 0 Å². The molecule has 0 saturated heterocycles. The van der Waals surface area contributed by atoms with Crippen molar-refractivity contribution in [1.29, 1.82) is 0 Å². The summed E-state index contributed by atoms with van der Waals surface area (Å²) >= 11 is 11.8. The van der Waals surface area contributed by atoms with Gasteiger partial charge in [-0.05, 0) is 25.0 Å². The molecule has 1 aliphatic rings. The highest BCUT2D eigenvalue weighted by Gasteiger charge is 2.21. The molecule has 0 atom stereocenters. The highest BCUT2D eigenvalue weighted by atomic mass is 35.5. The number of anilines is 1. The van der Waals surface area contributed by atoms with E-state index in [4.69, 9.17) is 23.2 Å². The third-order valence-corrected chi connectivity index (χ3v) is 4.49. The number of hydrogen-bond acceptors (Lipinski definition) is 3. The van der Waals surface area contributed by atoms with Crippen LogP contribution in [-0.4, -0.2) is 26.8 Å². The maximum atomic E-state index is 11.8. The van der Waals surface area contributed by atoms with Crippen LogP contribution in [0.4, 0.5) is 5.69 Å². The van der Waals surface area contributed by atoms with E-state index in [2.05, 4.69) is 10.0 Å². The third-order valence-electron chi connectivity index (χ3n) is 2.60. The molecule has 0 aromatic heterocycles. The Morgan fingerprint density at radius 3 is 2.39 bits per heavy atom. The highest BCUT2D eigenvalue weighted by Crippen LogP contribution is 2.30. The van der Waals surface area contributed by atoms with Gasteiger partial charge in [-0.3, -0.25) is 4.72 Å². The molecule has 0 radical (unpaired) electrons. The maximum absolute atomic E-state index is 11.8. The number of para-hydroxylation sites is 1. The van der Waals surface area contributed by atoms with Gasteiger partial charge in [-0.1, -0.05) is 29.3 Å². The summed E-state index contributed by atoms with van der Waals surface area (Å²) in [7, 11) is -3.43. The second-order valence-corrected chi connectivity index (χ2v) is 6.90. The van der Waals surface area contributed by atoms with Gasteiger partial charge in [0.2, 0.25) is 10.0 Å². The lowest BCUT2D eigenvalue weighted by molar-refractivity contribution is 0.595. The fraction of sp³-hybridized carbons (Fsp3) is 0.455. The molecule has 2 rings (SSSR count). The zero-order valence-electron chi connectivity index (χ0n) is 9.62. The normalized spacial score (nSPS) is 15.7. The number of halogens is 2. The summed E-state index contributed by atoms with van der Waals surface area (Å²) in [6.07, 6.45) is 2.26. The minimum atomic E-state index is -3.43. The van der Waals surface area contributed by atoms with Crippen LogP contribution >= 0.6 is 23.2 Å². The van der Waals surface area contributed by atoms with Crippen LogP contribution < -0.4 is 10.0 Å². The van der Waals surface area contributed by atoms with E-state index in [9.17, 15) is 8.42 Å². The number of nitrogens with one attached hydrogen (secondary N) is 2. The molecule has 7 heteroatoms. The van der Waals surface area contributed by atoms with Crippen molar-refractivity contribution in [2.75, 3.05) is 17.0 Å². The zero-order valence-corrected chi connectivity index (χ0v) is 11.9. The van der Waals surface area contributed by atoms with Crippen LogP contribution in [0, 0.1) is 0 Å². The molecule has 0 bridgehead atoms. The SMILES string of the molecule is O=S(=O)(CCNC1CC1)Nc1c(Cl)cccc1Cl. The number of hydrogen-bond donors (Lipinski definition) is 2. The van der Waals surface area contributed by atoms with Crippen molar-refractivity contribution in [3.05, 3.63) is 28.2 Å². The standard InChI is InChI=1S/C11H14Cl2N2O2S/c12-9-2-1-3-10(13)11(9)15-18(16,17)7-6-14-8-4-5-8/h1-3,8,14-15H,4-7H2. The van der Waals surface area contributed by atoms with Crippen molar-refractivity contribution in [3.8, 4) is 0 Å². The van der Waals surface area contributed by atoms with Gasteiger partial charge < -0.3 is 5.32 Å². The molecule has 0 heterocycles. The Morgan fingerprint density at radius 2 is 1.83 bits per heavy atom. The van der Waals surface area contributed by atoms with E-state index >= 15 is 0 Å². The molecule has 1 fully saturated rings. The second kappa shape index (κ2) is 5.65. The van der Waals surface area contributed by atoms with Gasteiger partial charge in [0.05, 0.1) is 21.5 Å². The van der Waals surface area contributed by atoms with Crippen LogP contribution in [0.15, 0.2) is 18.2 Å². The first-order chi connectivity index (χ1) is 8.48. The summed E-state index contributed by atoms with van der Waals surface area (Å²) in [5, 5.41) is 3.73. The average Bonchev–Trinajstić information content (AvgIpc) is 3.07. The van der Waals surface area contributed by atoms with Gasteiger partial charge in [-0.2, -0.15) is 0 Å². The summed E-state index contributed by atoms with van der Waals surface area (Å²) in [5.41, 5.74) is 0.243. The molecule has 0 amide bonds. The lowest BCUT2D eigenvalue weighted by Gasteiger charge is -2.11. The van der Waals surface area contributed by atoms with Crippen molar-refractivity contribution in [2.45, 2.75) is 18.9 Å². The molecule has 18 heavy (non-hydrogen) atoms. The Morgan fingerprint density at radius 1 is 1.22 bits per heavy atom. The van der Waals surface area contributed by atoms with Crippen molar-refractivity contribution in [1.82, 2.24) is 5.32 Å². The molecule has 1 saturated carbocycles. The summed E-state index contributed by atoms with van der Waals surface area (Å²) in [6, 6.07) is 5.34. The fourth-order valence-electron chi connectivity index (χ4n) is 1.49. The monoisotopic (exact) mass is 308 g/mol. The number of sulfonamides is 1. The summed E-state index contributed by atoms with van der Waals surface area (Å²) < 4.78 is 26.1. The molecule has 0 aliphatic heterocycles. The molecule has 1 aromatic rings. The molecular formula is C11H14Cl2N2O2S. The Kier molecular flexibility index (Phi) is 4.37. The average molecular weight is 309 g/mol. The molecule has 0 spiro atoms. The van der Waals surface area contributed by atoms with Gasteiger partial charge in [-0.25, -0.2) is 8.42 Å². The topological polar surface area (TPSA) is 58.2 Å². The Labute approximate surface area is 117 Å². The van der Waals surface area contributed by atoms with E-state index in [0.29, 0.717) is 22.6 Å². The molecule has 2 N–H and O–H groups in total. The van der Waals surface area contributed by atoms with Crippen LogP contribution in [0.1, 0.15) is 12.8 Å².